The Balaban J connectivity index is 1.52. The number of hydrogen-bond acceptors (Lipinski definition) is 6. The van der Waals surface area contributed by atoms with E-state index in [9.17, 15) is 9.59 Å². The lowest BCUT2D eigenvalue weighted by atomic mass is 9.96. The Morgan fingerprint density at radius 2 is 1.21 bits per heavy atom. The predicted molar refractivity (Wildman–Crippen MR) is 82.7 cm³/mol. The number of ether oxygens (including phenoxy) is 4. The average Bonchev–Trinajstić information content (AvgIpc) is 2.52. The van der Waals surface area contributed by atoms with E-state index >= 15 is 0 Å². The van der Waals surface area contributed by atoms with Crippen molar-refractivity contribution >= 4 is 11.9 Å². The van der Waals surface area contributed by atoms with Crippen molar-refractivity contribution in [3.63, 3.8) is 0 Å². The molecule has 0 spiro atoms. The predicted octanol–water partition coefficient (Wildman–Crippen LogP) is 2.39. The Morgan fingerprint density at radius 3 is 1.54 bits per heavy atom. The van der Waals surface area contributed by atoms with Gasteiger partial charge in [0.05, 0.1) is 0 Å². The highest BCUT2D eigenvalue weighted by Gasteiger charge is 2.46. The zero-order valence-corrected chi connectivity index (χ0v) is 13.3. The van der Waals surface area contributed by atoms with Crippen molar-refractivity contribution in [3.05, 3.63) is 24.3 Å². The summed E-state index contributed by atoms with van der Waals surface area (Å²) in [5, 5.41) is 0. The van der Waals surface area contributed by atoms with Crippen LogP contribution in [-0.4, -0.2) is 36.4 Å². The van der Waals surface area contributed by atoms with Crippen LogP contribution in [0.25, 0.3) is 0 Å². The van der Waals surface area contributed by atoms with E-state index in [1.165, 1.54) is 0 Å². The molecule has 24 heavy (non-hydrogen) atoms. The zero-order chi connectivity index (χ0) is 16.5. The monoisotopic (exact) mass is 332 g/mol. The van der Waals surface area contributed by atoms with E-state index < -0.39 is 24.1 Å². The normalized spacial score (nSPS) is 26.0. The molecule has 1 aliphatic heterocycles. The Bertz CT molecular complexity index is 579. The van der Waals surface area contributed by atoms with Crippen molar-refractivity contribution in [2.45, 2.75) is 62.9 Å². The Labute approximate surface area is 140 Å². The van der Waals surface area contributed by atoms with Gasteiger partial charge >= 0.3 is 11.9 Å². The van der Waals surface area contributed by atoms with Crippen molar-refractivity contribution in [1.82, 2.24) is 0 Å². The molecular formula is C18H20O6. The molecule has 1 aromatic carbocycles. The molecule has 4 rings (SSSR count). The summed E-state index contributed by atoms with van der Waals surface area (Å²) in [6.45, 7) is 0. The highest BCUT2D eigenvalue weighted by Crippen LogP contribution is 2.35. The van der Waals surface area contributed by atoms with Crippen LogP contribution in [-0.2, 0) is 19.1 Å². The van der Waals surface area contributed by atoms with Gasteiger partial charge in [-0.05, 0) is 50.7 Å². The first-order valence-corrected chi connectivity index (χ1v) is 8.54. The van der Waals surface area contributed by atoms with Crippen LogP contribution in [0, 0.1) is 0 Å². The van der Waals surface area contributed by atoms with E-state index in [0.29, 0.717) is 11.5 Å². The summed E-state index contributed by atoms with van der Waals surface area (Å²) in [5.41, 5.74) is 0. The van der Waals surface area contributed by atoms with Gasteiger partial charge in [0.2, 0.25) is 12.2 Å². The van der Waals surface area contributed by atoms with Gasteiger partial charge < -0.3 is 18.9 Å². The molecule has 0 N–H and O–H groups in total. The van der Waals surface area contributed by atoms with Gasteiger partial charge in [-0.25, -0.2) is 9.59 Å². The number of hydrogen-bond donors (Lipinski definition) is 0. The minimum absolute atomic E-state index is 0.0819. The van der Waals surface area contributed by atoms with Crippen molar-refractivity contribution in [2.24, 2.45) is 0 Å². The maximum atomic E-state index is 12.5. The van der Waals surface area contributed by atoms with E-state index in [1.54, 1.807) is 24.3 Å². The molecule has 2 fully saturated rings. The second-order valence-corrected chi connectivity index (χ2v) is 6.50. The number of esters is 2. The highest BCUT2D eigenvalue weighted by atomic mass is 16.6. The average molecular weight is 332 g/mol. The Hall–Kier alpha value is -2.24. The van der Waals surface area contributed by atoms with Gasteiger partial charge in [-0.15, -0.1) is 0 Å². The smallest absolute Gasteiger partial charge is 0.352 e. The van der Waals surface area contributed by atoms with Gasteiger partial charge in [-0.2, -0.15) is 0 Å². The fraction of sp³-hybridized carbons (Fsp3) is 0.556. The van der Waals surface area contributed by atoms with Gasteiger partial charge in [-0.1, -0.05) is 12.1 Å². The lowest BCUT2D eigenvalue weighted by Crippen LogP contribution is -2.52. The van der Waals surface area contributed by atoms with Gasteiger partial charge in [0.1, 0.15) is 12.2 Å². The number of carbonyl (C=O) groups is 2. The molecule has 0 aromatic heterocycles. The van der Waals surface area contributed by atoms with Crippen LogP contribution in [0.5, 0.6) is 11.5 Å². The summed E-state index contributed by atoms with van der Waals surface area (Å²) < 4.78 is 22.3. The lowest BCUT2D eigenvalue weighted by molar-refractivity contribution is -0.181. The second-order valence-electron chi connectivity index (χ2n) is 6.50. The number of rotatable bonds is 4. The molecule has 0 radical (unpaired) electrons. The molecule has 0 saturated heterocycles. The molecule has 6 nitrogen and oxygen atoms in total. The van der Waals surface area contributed by atoms with E-state index in [-0.39, 0.29) is 12.2 Å². The topological polar surface area (TPSA) is 71.1 Å². The maximum Gasteiger partial charge on any atom is 0.352 e. The van der Waals surface area contributed by atoms with Crippen LogP contribution < -0.4 is 9.47 Å². The minimum Gasteiger partial charge on any atom is -0.470 e. The van der Waals surface area contributed by atoms with Crippen LogP contribution in [0.3, 0.4) is 0 Å². The van der Waals surface area contributed by atoms with Crippen molar-refractivity contribution in [2.75, 3.05) is 0 Å². The maximum absolute atomic E-state index is 12.5. The van der Waals surface area contributed by atoms with Crippen molar-refractivity contribution in [3.8, 4) is 11.5 Å². The number of benzene rings is 1. The summed E-state index contributed by atoms with van der Waals surface area (Å²) in [6.07, 6.45) is 3.09. The van der Waals surface area contributed by atoms with E-state index in [2.05, 4.69) is 0 Å². The van der Waals surface area contributed by atoms with E-state index in [4.69, 9.17) is 18.9 Å². The molecule has 1 aromatic rings. The molecule has 2 saturated carbocycles. The fourth-order valence-corrected chi connectivity index (χ4v) is 2.83. The standard InChI is InChI=1S/C18H20O6/c19-17(21-11-5-3-6-11)15-16(18(20)22-12-7-4-8-12)24-14-10-2-1-9-13(14)23-15/h1-2,9-12,15-16H,3-8H2. The molecule has 6 heteroatoms. The molecule has 3 aliphatic rings. The summed E-state index contributed by atoms with van der Waals surface area (Å²) >= 11 is 0. The summed E-state index contributed by atoms with van der Waals surface area (Å²) in [6, 6.07) is 6.96. The molecule has 0 amide bonds. The third-order valence-electron chi connectivity index (χ3n) is 4.77. The third kappa shape index (κ3) is 2.92. The van der Waals surface area contributed by atoms with Gasteiger partial charge in [0, 0.05) is 0 Å². The van der Waals surface area contributed by atoms with E-state index in [1.807, 2.05) is 0 Å². The molecule has 2 atom stereocenters. The molecular weight excluding hydrogens is 312 g/mol. The second kappa shape index (κ2) is 6.34. The van der Waals surface area contributed by atoms with Crippen LogP contribution in [0.1, 0.15) is 38.5 Å². The number of carbonyl (C=O) groups excluding carboxylic acids is 2. The quantitative estimate of drug-likeness (QED) is 0.789. The SMILES string of the molecule is O=C(OC1CCC1)C1Oc2ccccc2OC1C(=O)OC1CCC1. The van der Waals surface area contributed by atoms with Crippen molar-refractivity contribution < 1.29 is 28.5 Å². The largest absolute Gasteiger partial charge is 0.470 e. The third-order valence-corrected chi connectivity index (χ3v) is 4.77. The fourth-order valence-electron chi connectivity index (χ4n) is 2.83. The van der Waals surface area contributed by atoms with Crippen LogP contribution in [0.15, 0.2) is 24.3 Å². The van der Waals surface area contributed by atoms with Gasteiger partial charge in [0.25, 0.3) is 0 Å². The lowest BCUT2D eigenvalue weighted by Gasteiger charge is -2.35. The van der Waals surface area contributed by atoms with Crippen LogP contribution >= 0.6 is 0 Å². The van der Waals surface area contributed by atoms with Crippen molar-refractivity contribution in [1.29, 1.82) is 0 Å². The van der Waals surface area contributed by atoms with E-state index in [0.717, 1.165) is 38.5 Å². The summed E-state index contributed by atoms with van der Waals surface area (Å²) in [4.78, 5) is 24.9. The molecule has 1 heterocycles. The summed E-state index contributed by atoms with van der Waals surface area (Å²) in [5.74, 6) is -0.268. The van der Waals surface area contributed by atoms with Gasteiger partial charge in [-0.3, -0.25) is 0 Å². The molecule has 2 unspecified atom stereocenters. The first-order chi connectivity index (χ1) is 11.7. The molecule has 0 bridgehead atoms. The zero-order valence-electron chi connectivity index (χ0n) is 13.3. The Kier molecular flexibility index (Phi) is 4.04. The molecule has 128 valence electrons. The first-order valence-electron chi connectivity index (χ1n) is 8.54. The van der Waals surface area contributed by atoms with Crippen LogP contribution in [0.2, 0.25) is 0 Å². The highest BCUT2D eigenvalue weighted by molar-refractivity contribution is 5.87. The van der Waals surface area contributed by atoms with Gasteiger partial charge in [0.15, 0.2) is 11.5 Å². The number of fused-ring (bicyclic) bond motifs is 1. The number of para-hydroxylation sites is 2. The first kappa shape index (κ1) is 15.3. The molecule has 2 aliphatic carbocycles. The minimum atomic E-state index is -1.13. The summed E-state index contributed by atoms with van der Waals surface area (Å²) in [7, 11) is 0. The Morgan fingerprint density at radius 1 is 0.792 bits per heavy atom. The van der Waals surface area contributed by atoms with Crippen LogP contribution in [0.4, 0.5) is 0 Å².